The maximum Gasteiger partial charge on any atom is 0.124 e. The van der Waals surface area contributed by atoms with Crippen molar-refractivity contribution in [1.82, 2.24) is 0 Å². The quantitative estimate of drug-likeness (QED) is 0.816. The predicted octanol–water partition coefficient (Wildman–Crippen LogP) is 3.04. The summed E-state index contributed by atoms with van der Waals surface area (Å²) in [5.74, 6) is 0.272. The Labute approximate surface area is 92.6 Å². The number of aryl methyl sites for hydroxylation is 1. The van der Waals surface area contributed by atoms with E-state index in [4.69, 9.17) is 5.73 Å². The highest BCUT2D eigenvalue weighted by Gasteiger charge is 2.14. The smallest absolute Gasteiger partial charge is 0.124 e. The van der Waals surface area contributed by atoms with Gasteiger partial charge in [0.2, 0.25) is 0 Å². The van der Waals surface area contributed by atoms with E-state index in [0.29, 0.717) is 6.42 Å². The van der Waals surface area contributed by atoms with Gasteiger partial charge < -0.3 is 10.8 Å². The molecule has 1 aromatic carbocycles. The Kier molecular flexibility index (Phi) is 3.72. The van der Waals surface area contributed by atoms with Gasteiger partial charge in [-0.25, -0.2) is 0 Å². The van der Waals surface area contributed by atoms with E-state index in [2.05, 4.69) is 22.5 Å². The highest BCUT2D eigenvalue weighted by atomic mass is 79.9. The lowest BCUT2D eigenvalue weighted by Gasteiger charge is -2.15. The summed E-state index contributed by atoms with van der Waals surface area (Å²) < 4.78 is 0.843. The van der Waals surface area contributed by atoms with Crippen LogP contribution in [0.3, 0.4) is 0 Å². The molecule has 0 amide bonds. The third-order valence-corrected chi connectivity index (χ3v) is 2.85. The SMILES string of the molecule is C=CC[C@H](N)c1c(Br)ccc(C)c1O. The second-order valence-electron chi connectivity index (χ2n) is 3.26. The molecule has 0 fully saturated rings. The largest absolute Gasteiger partial charge is 0.507 e. The van der Waals surface area contributed by atoms with E-state index in [1.807, 2.05) is 19.1 Å². The number of halogens is 1. The zero-order chi connectivity index (χ0) is 10.7. The minimum absolute atomic E-state index is 0.207. The zero-order valence-corrected chi connectivity index (χ0v) is 9.71. The van der Waals surface area contributed by atoms with E-state index in [9.17, 15) is 5.11 Å². The van der Waals surface area contributed by atoms with Crippen molar-refractivity contribution in [2.75, 3.05) is 0 Å². The number of nitrogens with two attached hydrogens (primary N) is 1. The molecular weight excluding hydrogens is 242 g/mol. The Hall–Kier alpha value is -0.800. The van der Waals surface area contributed by atoms with Crippen LogP contribution in [0.15, 0.2) is 29.3 Å². The maximum atomic E-state index is 9.83. The second kappa shape index (κ2) is 4.62. The summed E-state index contributed by atoms with van der Waals surface area (Å²) in [6, 6.07) is 3.54. The first-order valence-corrected chi connectivity index (χ1v) is 5.21. The highest BCUT2D eigenvalue weighted by molar-refractivity contribution is 9.10. The molecule has 1 rings (SSSR count). The summed E-state index contributed by atoms with van der Waals surface area (Å²) in [4.78, 5) is 0. The van der Waals surface area contributed by atoms with Gasteiger partial charge in [0, 0.05) is 16.1 Å². The van der Waals surface area contributed by atoms with Crippen molar-refractivity contribution < 1.29 is 5.11 Å². The van der Waals surface area contributed by atoms with Gasteiger partial charge in [0.25, 0.3) is 0 Å². The van der Waals surface area contributed by atoms with Crippen molar-refractivity contribution in [3.8, 4) is 5.75 Å². The second-order valence-corrected chi connectivity index (χ2v) is 4.11. The molecule has 3 heteroatoms. The molecule has 0 saturated heterocycles. The molecule has 3 N–H and O–H groups in total. The summed E-state index contributed by atoms with van der Waals surface area (Å²) >= 11 is 3.38. The fourth-order valence-corrected chi connectivity index (χ4v) is 1.96. The molecule has 1 atom stereocenters. The summed E-state index contributed by atoms with van der Waals surface area (Å²) in [6.45, 7) is 5.48. The van der Waals surface area contributed by atoms with Gasteiger partial charge >= 0.3 is 0 Å². The molecule has 0 spiro atoms. The van der Waals surface area contributed by atoms with Crippen LogP contribution in [-0.4, -0.2) is 5.11 Å². The lowest BCUT2D eigenvalue weighted by Crippen LogP contribution is -2.10. The average Bonchev–Trinajstić information content (AvgIpc) is 2.13. The third-order valence-electron chi connectivity index (χ3n) is 2.16. The standard InChI is InChI=1S/C11H14BrNO/c1-3-4-9(13)10-8(12)6-5-7(2)11(10)14/h3,5-6,9,14H,1,4,13H2,2H3/t9-/m0/s1. The highest BCUT2D eigenvalue weighted by Crippen LogP contribution is 2.34. The van der Waals surface area contributed by atoms with E-state index in [1.54, 1.807) is 6.08 Å². The van der Waals surface area contributed by atoms with Crippen LogP contribution in [0.4, 0.5) is 0 Å². The minimum Gasteiger partial charge on any atom is -0.507 e. The van der Waals surface area contributed by atoms with Crippen LogP contribution in [0.1, 0.15) is 23.6 Å². The first-order valence-electron chi connectivity index (χ1n) is 4.42. The molecule has 76 valence electrons. The molecule has 0 heterocycles. The molecule has 0 aliphatic rings. The van der Waals surface area contributed by atoms with Gasteiger partial charge in [-0.05, 0) is 25.0 Å². The monoisotopic (exact) mass is 255 g/mol. The number of phenols is 1. The van der Waals surface area contributed by atoms with Gasteiger partial charge in [0.1, 0.15) is 5.75 Å². The molecule has 0 aliphatic heterocycles. The first kappa shape index (κ1) is 11.3. The molecule has 2 nitrogen and oxygen atoms in total. The Morgan fingerprint density at radius 1 is 1.64 bits per heavy atom. The lowest BCUT2D eigenvalue weighted by molar-refractivity contribution is 0.456. The van der Waals surface area contributed by atoms with E-state index in [0.717, 1.165) is 15.6 Å². The predicted molar refractivity (Wildman–Crippen MR) is 62.3 cm³/mol. The van der Waals surface area contributed by atoms with Crippen LogP contribution in [0.5, 0.6) is 5.75 Å². The Balaban J connectivity index is 3.17. The fourth-order valence-electron chi connectivity index (χ4n) is 1.34. The molecule has 1 aromatic rings. The van der Waals surface area contributed by atoms with Crippen molar-refractivity contribution in [2.45, 2.75) is 19.4 Å². The number of aromatic hydroxyl groups is 1. The summed E-state index contributed by atoms with van der Waals surface area (Å²) in [6.07, 6.45) is 2.40. The zero-order valence-electron chi connectivity index (χ0n) is 8.13. The number of hydrogen-bond donors (Lipinski definition) is 2. The van der Waals surface area contributed by atoms with Crippen LogP contribution in [0, 0.1) is 6.92 Å². The van der Waals surface area contributed by atoms with Crippen molar-refractivity contribution in [3.63, 3.8) is 0 Å². The van der Waals surface area contributed by atoms with Crippen LogP contribution in [0.2, 0.25) is 0 Å². The molecule has 0 aromatic heterocycles. The lowest BCUT2D eigenvalue weighted by atomic mass is 10.0. The molecule has 0 unspecified atom stereocenters. The minimum atomic E-state index is -0.207. The van der Waals surface area contributed by atoms with Gasteiger partial charge in [-0.2, -0.15) is 0 Å². The normalized spacial score (nSPS) is 12.5. The Morgan fingerprint density at radius 3 is 2.86 bits per heavy atom. The average molecular weight is 256 g/mol. The van der Waals surface area contributed by atoms with Gasteiger partial charge in [0.15, 0.2) is 0 Å². The van der Waals surface area contributed by atoms with E-state index in [-0.39, 0.29) is 11.8 Å². The number of phenolic OH excluding ortho intramolecular Hbond substituents is 1. The van der Waals surface area contributed by atoms with E-state index in [1.165, 1.54) is 0 Å². The number of benzene rings is 1. The van der Waals surface area contributed by atoms with Crippen molar-refractivity contribution in [2.24, 2.45) is 5.73 Å². The molecule has 0 radical (unpaired) electrons. The summed E-state index contributed by atoms with van der Waals surface area (Å²) in [5, 5.41) is 9.83. The van der Waals surface area contributed by atoms with Crippen LogP contribution < -0.4 is 5.73 Å². The Morgan fingerprint density at radius 2 is 2.29 bits per heavy atom. The summed E-state index contributed by atoms with van der Waals surface area (Å²) in [5.41, 5.74) is 7.51. The van der Waals surface area contributed by atoms with Gasteiger partial charge in [-0.3, -0.25) is 0 Å². The Bertz CT molecular complexity index is 349. The van der Waals surface area contributed by atoms with E-state index < -0.39 is 0 Å². The molecule has 0 saturated carbocycles. The number of rotatable bonds is 3. The summed E-state index contributed by atoms with van der Waals surface area (Å²) in [7, 11) is 0. The molecule has 14 heavy (non-hydrogen) atoms. The van der Waals surface area contributed by atoms with Crippen molar-refractivity contribution in [1.29, 1.82) is 0 Å². The van der Waals surface area contributed by atoms with Gasteiger partial charge in [-0.1, -0.05) is 28.1 Å². The van der Waals surface area contributed by atoms with Crippen molar-refractivity contribution in [3.05, 3.63) is 40.4 Å². The number of hydrogen-bond acceptors (Lipinski definition) is 2. The van der Waals surface area contributed by atoms with Crippen LogP contribution >= 0.6 is 15.9 Å². The topological polar surface area (TPSA) is 46.2 Å². The molecular formula is C11H14BrNO. The molecule has 0 bridgehead atoms. The third kappa shape index (κ3) is 2.16. The van der Waals surface area contributed by atoms with Gasteiger partial charge in [0.05, 0.1) is 0 Å². The fraction of sp³-hybridized carbons (Fsp3) is 0.273. The first-order chi connectivity index (χ1) is 6.57. The van der Waals surface area contributed by atoms with Gasteiger partial charge in [-0.15, -0.1) is 6.58 Å². The van der Waals surface area contributed by atoms with Crippen molar-refractivity contribution >= 4 is 15.9 Å². The van der Waals surface area contributed by atoms with E-state index >= 15 is 0 Å². The van der Waals surface area contributed by atoms with Crippen LogP contribution in [-0.2, 0) is 0 Å². The van der Waals surface area contributed by atoms with Crippen LogP contribution in [0.25, 0.3) is 0 Å². The maximum absolute atomic E-state index is 9.83. The molecule has 0 aliphatic carbocycles.